The number of carbonyl (C=O) groups excluding carboxylic acids is 2. The summed E-state index contributed by atoms with van der Waals surface area (Å²) in [5.74, 6) is -2.11. The lowest BCUT2D eigenvalue weighted by Gasteiger charge is -2.03. The van der Waals surface area contributed by atoms with Gasteiger partial charge in [0.2, 0.25) is 5.91 Å². The summed E-state index contributed by atoms with van der Waals surface area (Å²) in [5.41, 5.74) is 1.40. The van der Waals surface area contributed by atoms with E-state index in [-0.39, 0.29) is 11.5 Å². The highest BCUT2D eigenvalue weighted by molar-refractivity contribution is 6.07. The van der Waals surface area contributed by atoms with Gasteiger partial charge in [-0.1, -0.05) is 6.08 Å². The Labute approximate surface area is 153 Å². The predicted octanol–water partition coefficient (Wildman–Crippen LogP) is 3.07. The van der Waals surface area contributed by atoms with Gasteiger partial charge < -0.3 is 10.4 Å². The van der Waals surface area contributed by atoms with Gasteiger partial charge in [0.05, 0.1) is 4.92 Å². The molecule has 8 nitrogen and oxygen atoms in total. The normalized spacial score (nSPS) is 10.8. The number of non-ortho nitro benzene ring substituents is 1. The first kappa shape index (κ1) is 19.3. The van der Waals surface area contributed by atoms with Gasteiger partial charge in [-0.2, -0.15) is 0 Å². The van der Waals surface area contributed by atoms with E-state index in [1.54, 1.807) is 6.08 Å². The Balaban J connectivity index is 1.99. The minimum atomic E-state index is -1.23. The van der Waals surface area contributed by atoms with Crippen molar-refractivity contribution in [3.8, 4) is 0 Å². The van der Waals surface area contributed by atoms with Crippen LogP contribution in [-0.4, -0.2) is 27.7 Å². The lowest BCUT2D eigenvalue weighted by molar-refractivity contribution is -0.384. The first-order valence-corrected chi connectivity index (χ1v) is 7.64. The van der Waals surface area contributed by atoms with Crippen LogP contribution in [0.4, 0.5) is 11.4 Å². The van der Waals surface area contributed by atoms with Gasteiger partial charge in [0, 0.05) is 35.5 Å². The molecule has 0 bridgehead atoms. The van der Waals surface area contributed by atoms with Crippen molar-refractivity contribution >= 4 is 35.1 Å². The number of nitrogens with zero attached hydrogens (tertiary/aromatic N) is 1. The SMILES string of the molecule is O=C(O)/C=C\C(=O)Nc1ccc(C(=O)/C=C/c2ccc([N+](=O)[O-])cc2)cc1. The number of carbonyl (C=O) groups is 3. The maximum absolute atomic E-state index is 12.1. The average Bonchev–Trinajstić information content (AvgIpc) is 2.65. The van der Waals surface area contributed by atoms with E-state index in [1.807, 2.05) is 0 Å². The van der Waals surface area contributed by atoms with Crippen LogP contribution >= 0.6 is 0 Å². The summed E-state index contributed by atoms with van der Waals surface area (Å²) in [6.07, 6.45) is 4.48. The number of allylic oxidation sites excluding steroid dienone is 1. The highest BCUT2D eigenvalue weighted by atomic mass is 16.6. The molecule has 0 aromatic heterocycles. The summed E-state index contributed by atoms with van der Waals surface area (Å²) < 4.78 is 0. The van der Waals surface area contributed by atoms with E-state index >= 15 is 0 Å². The molecule has 27 heavy (non-hydrogen) atoms. The van der Waals surface area contributed by atoms with Crippen molar-refractivity contribution in [3.05, 3.63) is 88.0 Å². The van der Waals surface area contributed by atoms with Crippen LogP contribution in [0.2, 0.25) is 0 Å². The number of benzene rings is 2. The third kappa shape index (κ3) is 6.05. The average molecular weight is 366 g/mol. The van der Waals surface area contributed by atoms with E-state index in [4.69, 9.17) is 5.11 Å². The molecule has 0 heterocycles. The number of rotatable bonds is 7. The van der Waals surface area contributed by atoms with Gasteiger partial charge in [-0.3, -0.25) is 19.7 Å². The molecule has 0 radical (unpaired) electrons. The number of aliphatic carboxylic acids is 1. The predicted molar refractivity (Wildman–Crippen MR) is 98.3 cm³/mol. The second kappa shape index (κ2) is 8.86. The van der Waals surface area contributed by atoms with Crippen molar-refractivity contribution < 1.29 is 24.4 Å². The fourth-order valence-electron chi connectivity index (χ4n) is 2.02. The zero-order valence-corrected chi connectivity index (χ0v) is 13.9. The largest absolute Gasteiger partial charge is 0.478 e. The van der Waals surface area contributed by atoms with Crippen LogP contribution in [0.1, 0.15) is 15.9 Å². The van der Waals surface area contributed by atoms with E-state index in [0.29, 0.717) is 16.8 Å². The highest BCUT2D eigenvalue weighted by Gasteiger charge is 2.05. The summed E-state index contributed by atoms with van der Waals surface area (Å²) in [4.78, 5) is 44.1. The first-order chi connectivity index (χ1) is 12.8. The van der Waals surface area contributed by atoms with E-state index < -0.39 is 16.8 Å². The van der Waals surface area contributed by atoms with Crippen LogP contribution in [0.25, 0.3) is 6.08 Å². The van der Waals surface area contributed by atoms with Crippen LogP contribution in [0.3, 0.4) is 0 Å². The molecule has 0 spiro atoms. The van der Waals surface area contributed by atoms with Crippen LogP contribution in [-0.2, 0) is 9.59 Å². The zero-order valence-electron chi connectivity index (χ0n) is 13.9. The number of amides is 1. The second-order valence-corrected chi connectivity index (χ2v) is 5.28. The number of hydrogen-bond donors (Lipinski definition) is 2. The molecule has 136 valence electrons. The van der Waals surface area contributed by atoms with Crippen molar-refractivity contribution in [2.24, 2.45) is 0 Å². The van der Waals surface area contributed by atoms with Gasteiger partial charge in [0.15, 0.2) is 5.78 Å². The molecule has 2 rings (SSSR count). The molecule has 0 unspecified atom stereocenters. The van der Waals surface area contributed by atoms with Crippen molar-refractivity contribution in [1.29, 1.82) is 0 Å². The van der Waals surface area contributed by atoms with Crippen LogP contribution < -0.4 is 5.32 Å². The Morgan fingerprint density at radius 3 is 2.11 bits per heavy atom. The molecule has 0 aliphatic heterocycles. The number of ketones is 1. The van der Waals surface area contributed by atoms with Crippen molar-refractivity contribution in [2.75, 3.05) is 5.32 Å². The highest BCUT2D eigenvalue weighted by Crippen LogP contribution is 2.14. The van der Waals surface area contributed by atoms with Gasteiger partial charge in [-0.15, -0.1) is 0 Å². The van der Waals surface area contributed by atoms with Gasteiger partial charge in [0.25, 0.3) is 5.69 Å². The molecular weight excluding hydrogens is 352 g/mol. The fourth-order valence-corrected chi connectivity index (χ4v) is 2.02. The molecule has 0 atom stereocenters. The van der Waals surface area contributed by atoms with Crippen LogP contribution in [0, 0.1) is 10.1 Å². The molecule has 1 amide bonds. The van der Waals surface area contributed by atoms with Crippen molar-refractivity contribution in [2.45, 2.75) is 0 Å². The number of carboxylic acids is 1. The Kier molecular flexibility index (Phi) is 6.32. The van der Waals surface area contributed by atoms with Crippen LogP contribution in [0.5, 0.6) is 0 Å². The molecule has 8 heteroatoms. The quantitative estimate of drug-likeness (QED) is 0.336. The third-order valence-electron chi connectivity index (χ3n) is 3.35. The molecule has 2 N–H and O–H groups in total. The number of carboxylic acid groups (broad SMARTS) is 1. The molecule has 0 aliphatic carbocycles. The Hall–Kier alpha value is -4.07. The fraction of sp³-hybridized carbons (Fsp3) is 0. The second-order valence-electron chi connectivity index (χ2n) is 5.28. The molecular formula is C19H14N2O6. The lowest BCUT2D eigenvalue weighted by Crippen LogP contribution is -2.08. The summed E-state index contributed by atoms with van der Waals surface area (Å²) in [5, 5.41) is 21.5. The Bertz CT molecular complexity index is 928. The molecule has 0 aliphatic rings. The monoisotopic (exact) mass is 366 g/mol. The molecule has 0 fully saturated rings. The summed E-state index contributed by atoms with van der Waals surface area (Å²) in [6, 6.07) is 11.8. The minimum absolute atomic E-state index is 0.0330. The molecule has 0 saturated carbocycles. The summed E-state index contributed by atoms with van der Waals surface area (Å²) in [6.45, 7) is 0. The number of hydrogen-bond acceptors (Lipinski definition) is 5. The standard InChI is InChI=1S/C19H14N2O6/c22-17(10-3-13-1-8-16(9-2-13)21(26)27)14-4-6-15(7-5-14)20-18(23)11-12-19(24)25/h1-12H,(H,20,23)(H,24,25)/b10-3+,12-11-. The van der Waals surface area contributed by atoms with E-state index in [2.05, 4.69) is 5.32 Å². The van der Waals surface area contributed by atoms with E-state index in [9.17, 15) is 24.5 Å². The summed E-state index contributed by atoms with van der Waals surface area (Å²) in [7, 11) is 0. The Morgan fingerprint density at radius 1 is 0.926 bits per heavy atom. The zero-order chi connectivity index (χ0) is 19.8. The first-order valence-electron chi connectivity index (χ1n) is 7.64. The number of anilines is 1. The van der Waals surface area contributed by atoms with Gasteiger partial charge in [-0.05, 0) is 48.0 Å². The van der Waals surface area contributed by atoms with Gasteiger partial charge in [0.1, 0.15) is 0 Å². The van der Waals surface area contributed by atoms with Crippen LogP contribution in [0.15, 0.2) is 66.8 Å². The van der Waals surface area contributed by atoms with Crippen molar-refractivity contribution in [1.82, 2.24) is 0 Å². The van der Waals surface area contributed by atoms with Gasteiger partial charge >= 0.3 is 5.97 Å². The number of nitro benzene ring substituents is 1. The molecule has 2 aromatic carbocycles. The topological polar surface area (TPSA) is 127 Å². The maximum atomic E-state index is 12.1. The Morgan fingerprint density at radius 2 is 1.56 bits per heavy atom. The van der Waals surface area contributed by atoms with E-state index in [0.717, 1.165) is 12.2 Å². The molecule has 0 saturated heterocycles. The molecule has 2 aromatic rings. The van der Waals surface area contributed by atoms with E-state index in [1.165, 1.54) is 54.6 Å². The maximum Gasteiger partial charge on any atom is 0.328 e. The lowest BCUT2D eigenvalue weighted by atomic mass is 10.1. The van der Waals surface area contributed by atoms with Crippen molar-refractivity contribution in [3.63, 3.8) is 0 Å². The van der Waals surface area contributed by atoms with Gasteiger partial charge in [-0.25, -0.2) is 4.79 Å². The third-order valence-corrected chi connectivity index (χ3v) is 3.35. The number of nitro groups is 1. The smallest absolute Gasteiger partial charge is 0.328 e. The summed E-state index contributed by atoms with van der Waals surface area (Å²) >= 11 is 0. The minimum Gasteiger partial charge on any atom is -0.478 e. The number of nitrogens with one attached hydrogen (secondary N) is 1.